The SMILES string of the molecule is C[C@@H](c1nnc(-c2cccc(Cl)c2)o1)N1CCN(c2nccs2)CC1. The number of nitrogens with zero attached hydrogens (tertiary/aromatic N) is 5. The molecular formula is C17H18ClN5OS. The van der Waals surface area contributed by atoms with E-state index in [2.05, 4.69) is 31.9 Å². The molecule has 0 radical (unpaired) electrons. The molecule has 6 nitrogen and oxygen atoms in total. The first-order valence-corrected chi connectivity index (χ1v) is 9.44. The van der Waals surface area contributed by atoms with Crippen molar-refractivity contribution in [3.63, 3.8) is 0 Å². The predicted molar refractivity (Wildman–Crippen MR) is 99.1 cm³/mol. The van der Waals surface area contributed by atoms with Crippen molar-refractivity contribution in [2.75, 3.05) is 31.1 Å². The molecule has 8 heteroatoms. The van der Waals surface area contributed by atoms with Gasteiger partial charge in [0.05, 0.1) is 6.04 Å². The minimum atomic E-state index is 0.0823. The number of piperazine rings is 1. The van der Waals surface area contributed by atoms with Crippen LogP contribution in [0, 0.1) is 0 Å². The second-order valence-corrected chi connectivity index (χ2v) is 7.28. The van der Waals surface area contributed by atoms with Crippen LogP contribution in [0.15, 0.2) is 40.3 Å². The second-order valence-electron chi connectivity index (χ2n) is 5.97. The van der Waals surface area contributed by atoms with Crippen LogP contribution in [0.3, 0.4) is 0 Å². The van der Waals surface area contributed by atoms with Gasteiger partial charge < -0.3 is 9.32 Å². The molecule has 1 saturated heterocycles. The van der Waals surface area contributed by atoms with E-state index in [0.29, 0.717) is 16.8 Å². The summed E-state index contributed by atoms with van der Waals surface area (Å²) < 4.78 is 5.89. The van der Waals surface area contributed by atoms with Gasteiger partial charge in [-0.25, -0.2) is 4.98 Å². The lowest BCUT2D eigenvalue weighted by molar-refractivity contribution is 0.173. The average molecular weight is 376 g/mol. The van der Waals surface area contributed by atoms with Gasteiger partial charge in [-0.05, 0) is 25.1 Å². The van der Waals surface area contributed by atoms with Crippen LogP contribution < -0.4 is 4.90 Å². The summed E-state index contributed by atoms with van der Waals surface area (Å²) in [6.07, 6.45) is 1.85. The summed E-state index contributed by atoms with van der Waals surface area (Å²) in [6, 6.07) is 7.53. The van der Waals surface area contributed by atoms with Crippen LogP contribution in [0.1, 0.15) is 18.9 Å². The number of halogens is 1. The van der Waals surface area contributed by atoms with Crippen LogP contribution in [-0.4, -0.2) is 46.3 Å². The third kappa shape index (κ3) is 3.53. The standard InChI is InChI=1S/C17H18ClN5OS/c1-12(22-6-8-23(9-7-22)17-19-5-10-25-17)15-20-21-16(24-15)13-3-2-4-14(18)11-13/h2-5,10-12H,6-9H2,1H3/t12-/m0/s1. The molecule has 1 atom stereocenters. The van der Waals surface area contributed by atoms with E-state index < -0.39 is 0 Å². The molecule has 0 N–H and O–H groups in total. The molecular weight excluding hydrogens is 358 g/mol. The molecule has 3 aromatic rings. The maximum atomic E-state index is 6.03. The third-order valence-corrected chi connectivity index (χ3v) is 5.49. The third-order valence-electron chi connectivity index (χ3n) is 4.42. The van der Waals surface area contributed by atoms with E-state index in [1.165, 1.54) is 0 Å². The summed E-state index contributed by atoms with van der Waals surface area (Å²) in [5.41, 5.74) is 0.840. The van der Waals surface area contributed by atoms with E-state index in [0.717, 1.165) is 36.9 Å². The maximum absolute atomic E-state index is 6.03. The Morgan fingerprint density at radius 3 is 2.76 bits per heavy atom. The molecule has 0 amide bonds. The Morgan fingerprint density at radius 1 is 1.20 bits per heavy atom. The molecule has 0 unspecified atom stereocenters. The molecule has 0 spiro atoms. The number of aromatic nitrogens is 3. The molecule has 2 aromatic heterocycles. The average Bonchev–Trinajstić information content (AvgIpc) is 3.33. The predicted octanol–water partition coefficient (Wildman–Crippen LogP) is 3.73. The highest BCUT2D eigenvalue weighted by Gasteiger charge is 2.26. The number of rotatable bonds is 4. The summed E-state index contributed by atoms with van der Waals surface area (Å²) in [6.45, 7) is 5.89. The molecule has 0 bridgehead atoms. The molecule has 3 heterocycles. The zero-order valence-corrected chi connectivity index (χ0v) is 15.4. The van der Waals surface area contributed by atoms with Crippen LogP contribution in [0.25, 0.3) is 11.5 Å². The Balaban J connectivity index is 1.43. The molecule has 25 heavy (non-hydrogen) atoms. The van der Waals surface area contributed by atoms with Crippen molar-refractivity contribution < 1.29 is 4.42 Å². The number of thiazole rings is 1. The van der Waals surface area contributed by atoms with Crippen molar-refractivity contribution in [1.82, 2.24) is 20.1 Å². The van der Waals surface area contributed by atoms with Crippen LogP contribution in [0.4, 0.5) is 5.13 Å². The summed E-state index contributed by atoms with van der Waals surface area (Å²) in [5, 5.41) is 12.2. The fraction of sp³-hybridized carbons (Fsp3) is 0.353. The first-order valence-electron chi connectivity index (χ1n) is 8.18. The van der Waals surface area contributed by atoms with Gasteiger partial charge in [0.2, 0.25) is 11.8 Å². The van der Waals surface area contributed by atoms with Crippen molar-refractivity contribution in [2.45, 2.75) is 13.0 Å². The lowest BCUT2D eigenvalue weighted by Gasteiger charge is -2.36. The van der Waals surface area contributed by atoms with Crippen LogP contribution >= 0.6 is 22.9 Å². The lowest BCUT2D eigenvalue weighted by Crippen LogP contribution is -2.47. The molecule has 130 valence electrons. The highest BCUT2D eigenvalue weighted by Crippen LogP contribution is 2.27. The molecule has 0 aliphatic carbocycles. The first-order chi connectivity index (χ1) is 12.2. The Morgan fingerprint density at radius 2 is 2.04 bits per heavy atom. The minimum Gasteiger partial charge on any atom is -0.419 e. The van der Waals surface area contributed by atoms with Crippen LogP contribution in [-0.2, 0) is 0 Å². The lowest BCUT2D eigenvalue weighted by atomic mass is 10.2. The summed E-state index contributed by atoms with van der Waals surface area (Å²) in [4.78, 5) is 9.07. The molecule has 1 aliphatic rings. The molecule has 1 aliphatic heterocycles. The highest BCUT2D eigenvalue weighted by atomic mass is 35.5. The fourth-order valence-corrected chi connectivity index (χ4v) is 3.86. The maximum Gasteiger partial charge on any atom is 0.247 e. The molecule has 1 aromatic carbocycles. The Hall–Kier alpha value is -1.96. The zero-order valence-electron chi connectivity index (χ0n) is 13.8. The van der Waals surface area contributed by atoms with Gasteiger partial charge in [0.1, 0.15) is 0 Å². The van der Waals surface area contributed by atoms with E-state index in [9.17, 15) is 0 Å². The van der Waals surface area contributed by atoms with Gasteiger partial charge in [-0.1, -0.05) is 17.7 Å². The topological polar surface area (TPSA) is 58.3 Å². The van der Waals surface area contributed by atoms with Gasteiger partial charge in [0, 0.05) is 48.3 Å². The van der Waals surface area contributed by atoms with Crippen molar-refractivity contribution in [2.24, 2.45) is 0 Å². The second kappa shape index (κ2) is 7.11. The Bertz CT molecular complexity index is 829. The molecule has 0 saturated carbocycles. The van der Waals surface area contributed by atoms with Crippen LogP contribution in [0.5, 0.6) is 0 Å². The van der Waals surface area contributed by atoms with Gasteiger partial charge in [0.25, 0.3) is 0 Å². The van der Waals surface area contributed by atoms with Gasteiger partial charge in [-0.15, -0.1) is 21.5 Å². The van der Waals surface area contributed by atoms with Crippen molar-refractivity contribution in [3.05, 3.63) is 46.8 Å². The quantitative estimate of drug-likeness (QED) is 0.692. The zero-order chi connectivity index (χ0) is 17.2. The number of anilines is 1. The van der Waals surface area contributed by atoms with Crippen molar-refractivity contribution in [1.29, 1.82) is 0 Å². The molecule has 1 fully saturated rings. The number of benzene rings is 1. The van der Waals surface area contributed by atoms with Crippen LogP contribution in [0.2, 0.25) is 5.02 Å². The van der Waals surface area contributed by atoms with E-state index in [1.807, 2.05) is 35.8 Å². The normalized spacial score (nSPS) is 17.0. The van der Waals surface area contributed by atoms with Gasteiger partial charge in [-0.2, -0.15) is 0 Å². The number of hydrogen-bond acceptors (Lipinski definition) is 7. The monoisotopic (exact) mass is 375 g/mol. The number of hydrogen-bond donors (Lipinski definition) is 0. The van der Waals surface area contributed by atoms with Crippen molar-refractivity contribution >= 4 is 28.1 Å². The van der Waals surface area contributed by atoms with Gasteiger partial charge in [0.15, 0.2) is 5.13 Å². The van der Waals surface area contributed by atoms with E-state index >= 15 is 0 Å². The smallest absolute Gasteiger partial charge is 0.247 e. The van der Waals surface area contributed by atoms with E-state index in [-0.39, 0.29) is 6.04 Å². The first kappa shape index (κ1) is 16.5. The van der Waals surface area contributed by atoms with Crippen molar-refractivity contribution in [3.8, 4) is 11.5 Å². The van der Waals surface area contributed by atoms with E-state index in [1.54, 1.807) is 11.3 Å². The largest absolute Gasteiger partial charge is 0.419 e. The Labute approximate surface area is 155 Å². The van der Waals surface area contributed by atoms with E-state index in [4.69, 9.17) is 16.0 Å². The van der Waals surface area contributed by atoms with Gasteiger partial charge >= 0.3 is 0 Å². The summed E-state index contributed by atoms with van der Waals surface area (Å²) in [7, 11) is 0. The fourth-order valence-electron chi connectivity index (χ4n) is 2.97. The Kier molecular flexibility index (Phi) is 4.70. The highest BCUT2D eigenvalue weighted by molar-refractivity contribution is 7.13. The summed E-state index contributed by atoms with van der Waals surface area (Å²) >= 11 is 7.72. The van der Waals surface area contributed by atoms with Gasteiger partial charge in [-0.3, -0.25) is 4.90 Å². The summed E-state index contributed by atoms with van der Waals surface area (Å²) in [5.74, 6) is 1.14. The minimum absolute atomic E-state index is 0.0823. The molecule has 4 rings (SSSR count).